The van der Waals surface area contributed by atoms with Gasteiger partial charge in [0.2, 0.25) is 0 Å². The lowest BCUT2D eigenvalue weighted by Crippen LogP contribution is -2.29. The largest absolute Gasteiger partial charge is 0.273 e. The zero-order valence-electron chi connectivity index (χ0n) is 9.23. The van der Waals surface area contributed by atoms with Crippen molar-refractivity contribution in [2.75, 3.05) is 5.01 Å². The summed E-state index contributed by atoms with van der Waals surface area (Å²) in [5.41, 5.74) is 2.15. The molecule has 5 nitrogen and oxygen atoms in total. The maximum absolute atomic E-state index is 11.7. The van der Waals surface area contributed by atoms with Crippen LogP contribution in [0.15, 0.2) is 11.2 Å². The Balaban J connectivity index is 2.42. The topological polar surface area (TPSA) is 58.5 Å². The minimum Gasteiger partial charge on any atom is -0.270 e. The minimum atomic E-state index is -0.704. The second-order valence-electron chi connectivity index (χ2n) is 3.70. The van der Waals surface area contributed by atoms with E-state index in [4.69, 9.17) is 11.6 Å². The van der Waals surface area contributed by atoms with Crippen molar-refractivity contribution in [3.63, 3.8) is 0 Å². The number of rotatable bonds is 1. The molecule has 0 unspecified atom stereocenters. The van der Waals surface area contributed by atoms with E-state index in [1.165, 1.54) is 0 Å². The molecule has 1 aliphatic rings. The van der Waals surface area contributed by atoms with E-state index in [1.54, 1.807) is 6.92 Å². The van der Waals surface area contributed by atoms with Gasteiger partial charge in [-0.15, -0.1) is 11.6 Å². The Morgan fingerprint density at radius 3 is 2.25 bits per heavy atom. The summed E-state index contributed by atoms with van der Waals surface area (Å²) in [6.45, 7) is 5.39. The zero-order valence-corrected chi connectivity index (χ0v) is 9.99. The van der Waals surface area contributed by atoms with Gasteiger partial charge < -0.3 is 0 Å². The Hall–Kier alpha value is -1.49. The first-order valence-electron chi connectivity index (χ1n) is 4.84. The van der Waals surface area contributed by atoms with Crippen LogP contribution in [-0.2, 0) is 4.79 Å². The van der Waals surface area contributed by atoms with Crippen LogP contribution in [0.5, 0.6) is 0 Å². The molecule has 1 atom stereocenters. The molecule has 84 valence electrons. The van der Waals surface area contributed by atoms with Gasteiger partial charge in [-0.2, -0.15) is 10.1 Å². The highest BCUT2D eigenvalue weighted by Gasteiger charge is 2.34. The molecular formula is C10H11ClN4O. The molecule has 1 aromatic heterocycles. The first-order chi connectivity index (χ1) is 7.49. The molecule has 0 bridgehead atoms. The third kappa shape index (κ3) is 1.78. The van der Waals surface area contributed by atoms with Gasteiger partial charge >= 0.3 is 0 Å². The van der Waals surface area contributed by atoms with Gasteiger partial charge in [0, 0.05) is 11.4 Å². The van der Waals surface area contributed by atoms with Crippen molar-refractivity contribution in [2.45, 2.75) is 26.1 Å². The number of amides is 1. The minimum absolute atomic E-state index is 0.282. The second kappa shape index (κ2) is 3.83. The van der Waals surface area contributed by atoms with Crippen LogP contribution in [-0.4, -0.2) is 27.0 Å². The van der Waals surface area contributed by atoms with Crippen molar-refractivity contribution in [2.24, 2.45) is 5.10 Å². The number of aryl methyl sites for hydroxylation is 2. The highest BCUT2D eigenvalue weighted by atomic mass is 35.5. The fourth-order valence-corrected chi connectivity index (χ4v) is 1.63. The lowest BCUT2D eigenvalue weighted by Gasteiger charge is -2.10. The van der Waals surface area contributed by atoms with Crippen molar-refractivity contribution in [3.8, 4) is 0 Å². The number of anilines is 1. The Bertz CT molecular complexity index is 465. The normalized spacial score (nSPS) is 20.2. The molecule has 0 aromatic carbocycles. The number of hydrogen-bond donors (Lipinski definition) is 0. The number of hydrazone groups is 1. The summed E-state index contributed by atoms with van der Waals surface area (Å²) in [7, 11) is 0. The lowest BCUT2D eigenvalue weighted by atomic mass is 10.3. The van der Waals surface area contributed by atoms with E-state index < -0.39 is 5.38 Å². The second-order valence-corrected chi connectivity index (χ2v) is 4.14. The monoisotopic (exact) mass is 238 g/mol. The molecule has 2 heterocycles. The number of nitrogens with zero attached hydrogens (tertiary/aromatic N) is 4. The van der Waals surface area contributed by atoms with E-state index in [0.29, 0.717) is 5.71 Å². The van der Waals surface area contributed by atoms with Crippen LogP contribution in [0.1, 0.15) is 18.3 Å². The number of alkyl halides is 1. The van der Waals surface area contributed by atoms with Gasteiger partial charge in [0.25, 0.3) is 11.9 Å². The standard InChI is InChI=1S/C10H11ClN4O/c1-5-4-6(2)13-10(12-5)15-9(16)8(11)7(3)14-15/h4,8H,1-3H3/t8-/m0/s1. The van der Waals surface area contributed by atoms with Crippen molar-refractivity contribution >= 4 is 29.2 Å². The van der Waals surface area contributed by atoms with Crippen molar-refractivity contribution < 1.29 is 4.79 Å². The number of carbonyl (C=O) groups excluding carboxylic acids is 1. The van der Waals surface area contributed by atoms with E-state index >= 15 is 0 Å². The molecule has 16 heavy (non-hydrogen) atoms. The SMILES string of the molecule is CC1=NN(c2nc(C)cc(C)n2)C(=O)[C@H]1Cl. The summed E-state index contributed by atoms with van der Waals surface area (Å²) in [5.74, 6) is -0.0193. The van der Waals surface area contributed by atoms with Crippen LogP contribution in [0.25, 0.3) is 0 Å². The van der Waals surface area contributed by atoms with E-state index in [2.05, 4.69) is 15.1 Å². The molecule has 0 saturated heterocycles. The maximum atomic E-state index is 11.7. The molecule has 0 N–H and O–H groups in total. The van der Waals surface area contributed by atoms with E-state index in [9.17, 15) is 4.79 Å². The van der Waals surface area contributed by atoms with Gasteiger partial charge in [0.15, 0.2) is 5.38 Å². The Labute approximate surface area is 98.1 Å². The first-order valence-corrected chi connectivity index (χ1v) is 5.28. The highest BCUT2D eigenvalue weighted by Crippen LogP contribution is 2.20. The molecule has 6 heteroatoms. The molecule has 1 aliphatic heterocycles. The number of aromatic nitrogens is 2. The van der Waals surface area contributed by atoms with Crippen molar-refractivity contribution in [1.29, 1.82) is 0 Å². The van der Waals surface area contributed by atoms with Gasteiger partial charge in [-0.3, -0.25) is 4.79 Å². The molecule has 1 aromatic rings. The van der Waals surface area contributed by atoms with E-state index in [0.717, 1.165) is 16.4 Å². The Morgan fingerprint density at radius 1 is 1.25 bits per heavy atom. The average molecular weight is 239 g/mol. The zero-order chi connectivity index (χ0) is 11.9. The van der Waals surface area contributed by atoms with E-state index in [-0.39, 0.29) is 11.9 Å². The van der Waals surface area contributed by atoms with Gasteiger partial charge in [0.05, 0.1) is 5.71 Å². The Morgan fingerprint density at radius 2 is 1.81 bits per heavy atom. The summed E-state index contributed by atoms with van der Waals surface area (Å²) in [5, 5.41) is 4.50. The lowest BCUT2D eigenvalue weighted by molar-refractivity contribution is -0.116. The molecule has 0 spiro atoms. The van der Waals surface area contributed by atoms with Gasteiger partial charge in [0.1, 0.15) is 0 Å². The molecule has 0 saturated carbocycles. The molecule has 0 radical (unpaired) electrons. The summed E-state index contributed by atoms with van der Waals surface area (Å²) in [6.07, 6.45) is 0. The molecule has 2 rings (SSSR count). The smallest absolute Gasteiger partial charge is 0.270 e. The quantitative estimate of drug-likeness (QED) is 0.696. The first kappa shape index (κ1) is 11.0. The third-order valence-electron chi connectivity index (χ3n) is 2.21. The van der Waals surface area contributed by atoms with Gasteiger partial charge in [-0.05, 0) is 26.8 Å². The van der Waals surface area contributed by atoms with Crippen molar-refractivity contribution in [1.82, 2.24) is 9.97 Å². The van der Waals surface area contributed by atoms with Crippen LogP contribution in [0.3, 0.4) is 0 Å². The fourth-order valence-electron chi connectivity index (χ4n) is 1.49. The van der Waals surface area contributed by atoms with Crippen molar-refractivity contribution in [3.05, 3.63) is 17.5 Å². The Kier molecular flexibility index (Phi) is 2.63. The van der Waals surface area contributed by atoms with Crippen LogP contribution in [0, 0.1) is 13.8 Å². The predicted octanol–water partition coefficient (Wildman–Crippen LogP) is 1.42. The van der Waals surface area contributed by atoms with Gasteiger partial charge in [-0.1, -0.05) is 0 Å². The van der Waals surface area contributed by atoms with Crippen LogP contribution < -0.4 is 5.01 Å². The van der Waals surface area contributed by atoms with E-state index in [1.807, 2.05) is 19.9 Å². The molecule has 0 fully saturated rings. The number of halogens is 1. The highest BCUT2D eigenvalue weighted by molar-refractivity contribution is 6.45. The summed E-state index contributed by atoms with van der Waals surface area (Å²) < 4.78 is 0. The van der Waals surface area contributed by atoms with Crippen LogP contribution in [0.2, 0.25) is 0 Å². The molecule has 1 amide bonds. The van der Waals surface area contributed by atoms with Gasteiger partial charge in [-0.25, -0.2) is 9.97 Å². The average Bonchev–Trinajstić information content (AvgIpc) is 2.44. The number of carbonyl (C=O) groups is 1. The fraction of sp³-hybridized carbons (Fsp3) is 0.400. The maximum Gasteiger partial charge on any atom is 0.273 e. The molecule has 0 aliphatic carbocycles. The molecular weight excluding hydrogens is 228 g/mol. The number of hydrogen-bond acceptors (Lipinski definition) is 4. The summed E-state index contributed by atoms with van der Waals surface area (Å²) in [6, 6.07) is 1.83. The third-order valence-corrected chi connectivity index (χ3v) is 2.71. The predicted molar refractivity (Wildman–Crippen MR) is 61.7 cm³/mol. The summed E-state index contributed by atoms with van der Waals surface area (Å²) >= 11 is 5.86. The summed E-state index contributed by atoms with van der Waals surface area (Å²) in [4.78, 5) is 20.1. The van der Waals surface area contributed by atoms with Crippen LogP contribution in [0.4, 0.5) is 5.95 Å². The van der Waals surface area contributed by atoms with Crippen LogP contribution >= 0.6 is 11.6 Å².